The van der Waals surface area contributed by atoms with Gasteiger partial charge >= 0.3 is 6.18 Å². The van der Waals surface area contributed by atoms with Crippen molar-refractivity contribution in [1.29, 1.82) is 0 Å². The van der Waals surface area contributed by atoms with E-state index in [-0.39, 0.29) is 11.7 Å². The van der Waals surface area contributed by atoms with Crippen LogP contribution in [0.3, 0.4) is 0 Å². The normalized spacial score (nSPS) is 18.5. The Balaban J connectivity index is 1.43. The molecular formula is C21H20F3N3O. The lowest BCUT2D eigenvalue weighted by Gasteiger charge is -2.31. The van der Waals surface area contributed by atoms with Crippen LogP contribution in [-0.4, -0.2) is 33.7 Å². The number of imidazole rings is 1. The molecule has 1 saturated heterocycles. The monoisotopic (exact) mass is 387 g/mol. The lowest BCUT2D eigenvalue weighted by molar-refractivity contribution is -0.137. The topological polar surface area (TPSA) is 49.0 Å². The van der Waals surface area contributed by atoms with Crippen molar-refractivity contribution in [2.75, 3.05) is 13.1 Å². The van der Waals surface area contributed by atoms with Gasteiger partial charge in [-0.3, -0.25) is 9.69 Å². The molecule has 3 aromatic rings. The van der Waals surface area contributed by atoms with Crippen LogP contribution in [-0.2, 0) is 12.7 Å². The van der Waals surface area contributed by atoms with Gasteiger partial charge in [-0.15, -0.1) is 0 Å². The lowest BCUT2D eigenvalue weighted by atomic mass is 9.89. The minimum Gasteiger partial charge on any atom is -0.341 e. The van der Waals surface area contributed by atoms with Gasteiger partial charge in [0, 0.05) is 18.0 Å². The van der Waals surface area contributed by atoms with Crippen LogP contribution in [0, 0.1) is 5.92 Å². The summed E-state index contributed by atoms with van der Waals surface area (Å²) in [4.78, 5) is 22.8. The third-order valence-corrected chi connectivity index (χ3v) is 5.18. The quantitative estimate of drug-likeness (QED) is 0.662. The van der Waals surface area contributed by atoms with Crippen molar-refractivity contribution >= 4 is 16.8 Å². The largest absolute Gasteiger partial charge is 0.416 e. The number of hydrogen-bond acceptors (Lipinski definition) is 3. The number of likely N-dealkylation sites (tertiary alicyclic amines) is 1. The second kappa shape index (κ2) is 7.39. The van der Waals surface area contributed by atoms with Crippen molar-refractivity contribution in [2.24, 2.45) is 5.92 Å². The zero-order chi connectivity index (χ0) is 19.7. The van der Waals surface area contributed by atoms with E-state index in [9.17, 15) is 18.0 Å². The number of Topliss-reactive ketones (excluding diaryl/α,β-unsaturated/α-hetero) is 1. The zero-order valence-electron chi connectivity index (χ0n) is 15.2. The fourth-order valence-electron chi connectivity index (χ4n) is 3.76. The van der Waals surface area contributed by atoms with Crippen LogP contribution >= 0.6 is 0 Å². The molecule has 1 aliphatic heterocycles. The number of aromatic amines is 1. The van der Waals surface area contributed by atoms with E-state index in [0.29, 0.717) is 18.7 Å². The molecule has 1 aromatic heterocycles. The summed E-state index contributed by atoms with van der Waals surface area (Å²) in [5, 5.41) is 0. The third-order valence-electron chi connectivity index (χ3n) is 5.18. The minimum atomic E-state index is -4.39. The molecule has 1 atom stereocenters. The van der Waals surface area contributed by atoms with E-state index in [1.807, 2.05) is 24.3 Å². The molecule has 146 valence electrons. The highest BCUT2D eigenvalue weighted by molar-refractivity contribution is 5.98. The van der Waals surface area contributed by atoms with Gasteiger partial charge in [0.05, 0.1) is 23.1 Å². The predicted octanol–water partition coefficient (Wildman–Crippen LogP) is 4.68. The Hall–Kier alpha value is -2.67. The smallest absolute Gasteiger partial charge is 0.341 e. The molecule has 4 rings (SSSR count). The van der Waals surface area contributed by atoms with Crippen molar-refractivity contribution in [3.63, 3.8) is 0 Å². The van der Waals surface area contributed by atoms with E-state index in [0.717, 1.165) is 48.4 Å². The van der Waals surface area contributed by atoms with Gasteiger partial charge in [-0.25, -0.2) is 4.98 Å². The number of rotatable bonds is 4. The third kappa shape index (κ3) is 3.94. The van der Waals surface area contributed by atoms with Crippen LogP contribution in [0.15, 0.2) is 48.5 Å². The maximum atomic E-state index is 12.8. The number of carbonyl (C=O) groups is 1. The van der Waals surface area contributed by atoms with Crippen LogP contribution in [0.25, 0.3) is 11.0 Å². The Kier molecular flexibility index (Phi) is 4.93. The summed E-state index contributed by atoms with van der Waals surface area (Å²) in [5.41, 5.74) is 1.49. The maximum absolute atomic E-state index is 12.8. The highest BCUT2D eigenvalue weighted by Crippen LogP contribution is 2.30. The van der Waals surface area contributed by atoms with Gasteiger partial charge in [-0.2, -0.15) is 13.2 Å². The van der Waals surface area contributed by atoms with Crippen LogP contribution in [0.4, 0.5) is 13.2 Å². The summed E-state index contributed by atoms with van der Waals surface area (Å²) in [6, 6.07) is 12.3. The molecule has 0 spiro atoms. The minimum absolute atomic E-state index is 0.0944. The second-order valence-corrected chi connectivity index (χ2v) is 7.21. The number of H-pyrrole nitrogens is 1. The molecule has 1 N–H and O–H groups in total. The molecule has 7 heteroatoms. The van der Waals surface area contributed by atoms with Crippen molar-refractivity contribution in [2.45, 2.75) is 25.6 Å². The molecule has 0 bridgehead atoms. The summed E-state index contributed by atoms with van der Waals surface area (Å²) in [6.07, 6.45) is -2.77. The first-order chi connectivity index (χ1) is 13.4. The molecule has 4 nitrogen and oxygen atoms in total. The fourth-order valence-corrected chi connectivity index (χ4v) is 3.76. The Morgan fingerprint density at radius 1 is 1.14 bits per heavy atom. The number of aromatic nitrogens is 2. The van der Waals surface area contributed by atoms with Crippen LogP contribution in [0.5, 0.6) is 0 Å². The molecule has 0 unspecified atom stereocenters. The summed E-state index contributed by atoms with van der Waals surface area (Å²) in [7, 11) is 0. The van der Waals surface area contributed by atoms with Gasteiger partial charge in [0.15, 0.2) is 5.78 Å². The molecule has 1 fully saturated rings. The molecule has 28 heavy (non-hydrogen) atoms. The predicted molar refractivity (Wildman–Crippen MR) is 99.9 cm³/mol. The highest BCUT2D eigenvalue weighted by Gasteiger charge is 2.31. The Morgan fingerprint density at radius 2 is 1.89 bits per heavy atom. The number of benzene rings is 2. The van der Waals surface area contributed by atoms with E-state index < -0.39 is 11.7 Å². The number of halogens is 3. The van der Waals surface area contributed by atoms with E-state index >= 15 is 0 Å². The van der Waals surface area contributed by atoms with Crippen LogP contribution in [0.2, 0.25) is 0 Å². The average molecular weight is 387 g/mol. The molecular weight excluding hydrogens is 367 g/mol. The number of nitrogens with zero attached hydrogens (tertiary/aromatic N) is 2. The molecule has 2 heterocycles. The number of para-hydroxylation sites is 2. The standard InChI is InChI=1S/C21H20F3N3O/c22-21(23,24)16-9-7-14(8-10-16)20(28)15-4-3-11-27(12-15)13-19-25-17-5-1-2-6-18(17)26-19/h1-2,5-10,15H,3-4,11-13H2,(H,25,26)/t15-/m0/s1. The summed E-state index contributed by atoms with van der Waals surface area (Å²) < 4.78 is 38.1. The number of hydrogen-bond donors (Lipinski definition) is 1. The molecule has 0 saturated carbocycles. The van der Waals surface area contributed by atoms with Crippen LogP contribution in [0.1, 0.15) is 34.6 Å². The second-order valence-electron chi connectivity index (χ2n) is 7.21. The summed E-state index contributed by atoms with van der Waals surface area (Å²) >= 11 is 0. The van der Waals surface area contributed by atoms with E-state index in [4.69, 9.17) is 0 Å². The average Bonchev–Trinajstić information content (AvgIpc) is 3.09. The molecule has 2 aromatic carbocycles. The number of nitrogens with one attached hydrogen (secondary N) is 1. The van der Waals surface area contributed by atoms with Gasteiger partial charge < -0.3 is 4.98 Å². The Bertz CT molecular complexity index is 945. The fraction of sp³-hybridized carbons (Fsp3) is 0.333. The summed E-state index contributed by atoms with van der Waals surface area (Å²) in [5.74, 6) is 0.543. The van der Waals surface area contributed by atoms with Crippen molar-refractivity contribution < 1.29 is 18.0 Å². The SMILES string of the molecule is O=C(c1ccc(C(F)(F)F)cc1)[C@H]1CCCN(Cc2nc3ccccc3[nH]2)C1. The molecule has 0 aliphatic carbocycles. The Labute approximate surface area is 160 Å². The van der Waals surface area contributed by atoms with Gasteiger partial charge in [0.2, 0.25) is 0 Å². The number of ketones is 1. The van der Waals surface area contributed by atoms with E-state index in [1.54, 1.807) is 0 Å². The van der Waals surface area contributed by atoms with Crippen molar-refractivity contribution in [3.8, 4) is 0 Å². The number of carbonyl (C=O) groups excluding carboxylic acids is 1. The summed E-state index contributed by atoms with van der Waals surface area (Å²) in [6.45, 7) is 2.07. The number of alkyl halides is 3. The van der Waals surface area contributed by atoms with Gasteiger partial charge in [0.1, 0.15) is 5.82 Å². The van der Waals surface area contributed by atoms with Crippen LogP contribution < -0.4 is 0 Å². The molecule has 0 radical (unpaired) electrons. The lowest BCUT2D eigenvalue weighted by Crippen LogP contribution is -2.38. The first-order valence-electron chi connectivity index (χ1n) is 9.27. The first-order valence-corrected chi connectivity index (χ1v) is 9.27. The highest BCUT2D eigenvalue weighted by atomic mass is 19.4. The number of fused-ring (bicyclic) bond motifs is 1. The Morgan fingerprint density at radius 3 is 2.61 bits per heavy atom. The van der Waals surface area contributed by atoms with Gasteiger partial charge in [-0.1, -0.05) is 24.3 Å². The van der Waals surface area contributed by atoms with Gasteiger partial charge in [-0.05, 0) is 43.7 Å². The zero-order valence-corrected chi connectivity index (χ0v) is 15.2. The van der Waals surface area contributed by atoms with E-state index in [2.05, 4.69) is 14.9 Å². The molecule has 1 aliphatic rings. The number of piperidine rings is 1. The van der Waals surface area contributed by atoms with Gasteiger partial charge in [0.25, 0.3) is 0 Å². The molecule has 0 amide bonds. The van der Waals surface area contributed by atoms with Crippen molar-refractivity contribution in [3.05, 3.63) is 65.5 Å². The maximum Gasteiger partial charge on any atom is 0.416 e. The first kappa shape index (κ1) is 18.7. The van der Waals surface area contributed by atoms with Crippen molar-refractivity contribution in [1.82, 2.24) is 14.9 Å². The van der Waals surface area contributed by atoms with E-state index in [1.165, 1.54) is 12.1 Å².